The number of ether oxygens (including phenoxy) is 1. The number of carbonyl (C=O) groups excluding carboxylic acids is 1. The molecule has 1 aromatic rings. The molecule has 19 heavy (non-hydrogen) atoms. The molecule has 1 aromatic carbocycles. The summed E-state index contributed by atoms with van der Waals surface area (Å²) in [6, 6.07) is 5.49. The van der Waals surface area contributed by atoms with E-state index in [-0.39, 0.29) is 5.91 Å². The van der Waals surface area contributed by atoms with E-state index >= 15 is 0 Å². The van der Waals surface area contributed by atoms with Gasteiger partial charge in [-0.15, -0.1) is 0 Å². The molecule has 0 heterocycles. The van der Waals surface area contributed by atoms with Crippen LogP contribution in [0.2, 0.25) is 0 Å². The number of amides is 1. The molecule has 0 aromatic heterocycles. The maximum Gasteiger partial charge on any atom is 0.255 e. The molecule has 1 saturated carbocycles. The summed E-state index contributed by atoms with van der Waals surface area (Å²) in [6.07, 6.45) is 3.58. The molecule has 0 atom stereocenters. The number of methoxy groups -OCH3 is 1. The highest BCUT2D eigenvalue weighted by Gasteiger charge is 2.31. The van der Waals surface area contributed by atoms with E-state index in [1.165, 1.54) is 0 Å². The molecule has 1 fully saturated rings. The molecule has 0 radical (unpaired) electrons. The average molecular weight is 263 g/mol. The number of aryl methyl sites for hydroxylation is 1. The van der Waals surface area contributed by atoms with E-state index in [9.17, 15) is 9.90 Å². The molecule has 4 nitrogen and oxygen atoms in total. The van der Waals surface area contributed by atoms with Crippen LogP contribution in [0.3, 0.4) is 0 Å². The smallest absolute Gasteiger partial charge is 0.255 e. The second-order valence-electron chi connectivity index (χ2n) is 5.32. The maximum atomic E-state index is 12.2. The normalized spacial score (nSPS) is 17.2. The van der Waals surface area contributed by atoms with E-state index in [0.29, 0.717) is 17.9 Å². The molecule has 0 aliphatic heterocycles. The van der Waals surface area contributed by atoms with E-state index < -0.39 is 5.60 Å². The van der Waals surface area contributed by atoms with Crippen molar-refractivity contribution in [3.05, 3.63) is 29.3 Å². The fourth-order valence-corrected chi connectivity index (χ4v) is 2.55. The summed E-state index contributed by atoms with van der Waals surface area (Å²) in [5.41, 5.74) is 0.793. The summed E-state index contributed by atoms with van der Waals surface area (Å²) in [7, 11) is 1.55. The fourth-order valence-electron chi connectivity index (χ4n) is 2.55. The van der Waals surface area contributed by atoms with Crippen molar-refractivity contribution in [2.45, 2.75) is 38.2 Å². The fraction of sp³-hybridized carbons (Fsp3) is 0.533. The average Bonchev–Trinajstić information content (AvgIpc) is 2.83. The van der Waals surface area contributed by atoms with Crippen LogP contribution in [0.25, 0.3) is 0 Å². The van der Waals surface area contributed by atoms with Gasteiger partial charge in [-0.2, -0.15) is 0 Å². The molecule has 1 amide bonds. The maximum absolute atomic E-state index is 12.2. The monoisotopic (exact) mass is 263 g/mol. The molecule has 1 aliphatic rings. The molecule has 2 N–H and O–H groups in total. The summed E-state index contributed by atoms with van der Waals surface area (Å²) < 4.78 is 5.20. The number of benzene rings is 1. The Morgan fingerprint density at radius 3 is 2.74 bits per heavy atom. The minimum Gasteiger partial charge on any atom is -0.496 e. The minimum absolute atomic E-state index is 0.194. The molecule has 0 unspecified atom stereocenters. The van der Waals surface area contributed by atoms with Gasteiger partial charge in [0.2, 0.25) is 0 Å². The molecule has 0 spiro atoms. The lowest BCUT2D eigenvalue weighted by atomic mass is 10.0. The zero-order valence-corrected chi connectivity index (χ0v) is 11.5. The highest BCUT2D eigenvalue weighted by molar-refractivity contribution is 5.97. The van der Waals surface area contributed by atoms with Gasteiger partial charge in [0.05, 0.1) is 18.3 Å². The van der Waals surface area contributed by atoms with Crippen molar-refractivity contribution in [2.24, 2.45) is 0 Å². The highest BCUT2D eigenvalue weighted by atomic mass is 16.5. The second-order valence-corrected chi connectivity index (χ2v) is 5.32. The van der Waals surface area contributed by atoms with Crippen molar-refractivity contribution in [3.63, 3.8) is 0 Å². The van der Waals surface area contributed by atoms with Gasteiger partial charge < -0.3 is 15.2 Å². The second kappa shape index (κ2) is 5.61. The predicted molar refractivity (Wildman–Crippen MR) is 73.5 cm³/mol. The van der Waals surface area contributed by atoms with Gasteiger partial charge in [-0.05, 0) is 31.9 Å². The first kappa shape index (κ1) is 13.9. The third-order valence-corrected chi connectivity index (χ3v) is 3.71. The SMILES string of the molecule is COc1ccc(C)cc1C(=O)NCC1(O)CCCC1. The summed E-state index contributed by atoms with van der Waals surface area (Å²) in [5, 5.41) is 13.0. The Bertz CT molecular complexity index is 464. The number of hydrogen-bond donors (Lipinski definition) is 2. The van der Waals surface area contributed by atoms with E-state index in [0.717, 1.165) is 31.2 Å². The van der Waals surface area contributed by atoms with Crippen LogP contribution >= 0.6 is 0 Å². The number of nitrogens with one attached hydrogen (secondary N) is 1. The first-order valence-corrected chi connectivity index (χ1v) is 6.69. The van der Waals surface area contributed by atoms with Crippen molar-refractivity contribution in [2.75, 3.05) is 13.7 Å². The Kier molecular flexibility index (Phi) is 4.10. The van der Waals surface area contributed by atoms with Crippen LogP contribution in [0.4, 0.5) is 0 Å². The summed E-state index contributed by atoms with van der Waals surface area (Å²) >= 11 is 0. The third kappa shape index (κ3) is 3.26. The molecule has 0 saturated heterocycles. The van der Waals surface area contributed by atoms with Crippen LogP contribution < -0.4 is 10.1 Å². The van der Waals surface area contributed by atoms with Crippen LogP contribution in [0.5, 0.6) is 5.75 Å². The molecular weight excluding hydrogens is 242 g/mol. The Morgan fingerprint density at radius 1 is 1.42 bits per heavy atom. The van der Waals surface area contributed by atoms with Crippen LogP contribution in [-0.2, 0) is 0 Å². The van der Waals surface area contributed by atoms with E-state index in [1.54, 1.807) is 19.2 Å². The highest BCUT2D eigenvalue weighted by Crippen LogP contribution is 2.29. The zero-order chi connectivity index (χ0) is 13.9. The molecule has 4 heteroatoms. The Hall–Kier alpha value is -1.55. The van der Waals surface area contributed by atoms with Gasteiger partial charge in [-0.1, -0.05) is 24.5 Å². The van der Waals surface area contributed by atoms with Crippen molar-refractivity contribution in [1.82, 2.24) is 5.32 Å². The lowest BCUT2D eigenvalue weighted by molar-refractivity contribution is 0.0449. The summed E-state index contributed by atoms with van der Waals surface area (Å²) in [4.78, 5) is 12.2. The number of hydrogen-bond acceptors (Lipinski definition) is 3. The molecule has 1 aliphatic carbocycles. The van der Waals surface area contributed by atoms with Gasteiger partial charge in [0.25, 0.3) is 5.91 Å². The van der Waals surface area contributed by atoms with E-state index in [1.807, 2.05) is 13.0 Å². The largest absolute Gasteiger partial charge is 0.496 e. The van der Waals surface area contributed by atoms with Gasteiger partial charge in [-0.25, -0.2) is 0 Å². The summed E-state index contributed by atoms with van der Waals surface area (Å²) in [6.45, 7) is 2.24. The van der Waals surface area contributed by atoms with Crippen LogP contribution in [0, 0.1) is 6.92 Å². The Morgan fingerprint density at radius 2 is 2.11 bits per heavy atom. The number of aliphatic hydroxyl groups is 1. The summed E-state index contributed by atoms with van der Waals surface area (Å²) in [5.74, 6) is 0.363. The predicted octanol–water partition coefficient (Wildman–Crippen LogP) is 2.04. The topological polar surface area (TPSA) is 58.6 Å². The van der Waals surface area contributed by atoms with Crippen LogP contribution in [-0.4, -0.2) is 30.3 Å². The third-order valence-electron chi connectivity index (χ3n) is 3.71. The van der Waals surface area contributed by atoms with Crippen LogP contribution in [0.1, 0.15) is 41.6 Å². The van der Waals surface area contributed by atoms with E-state index in [4.69, 9.17) is 4.74 Å². The zero-order valence-electron chi connectivity index (χ0n) is 11.5. The number of carbonyl (C=O) groups is 1. The van der Waals surface area contributed by atoms with Gasteiger partial charge in [0.15, 0.2) is 0 Å². The molecule has 104 valence electrons. The van der Waals surface area contributed by atoms with Gasteiger partial charge in [0.1, 0.15) is 5.75 Å². The molecular formula is C15H21NO3. The minimum atomic E-state index is -0.729. The van der Waals surface area contributed by atoms with Gasteiger partial charge in [-0.3, -0.25) is 4.79 Å². The standard InChI is InChI=1S/C15H21NO3/c1-11-5-6-13(19-2)12(9-11)14(17)16-10-15(18)7-3-4-8-15/h5-6,9,18H,3-4,7-8,10H2,1-2H3,(H,16,17). The Balaban J connectivity index is 2.05. The van der Waals surface area contributed by atoms with Crippen molar-refractivity contribution < 1.29 is 14.6 Å². The lowest BCUT2D eigenvalue weighted by Crippen LogP contribution is -2.40. The molecule has 0 bridgehead atoms. The Labute approximate surface area is 113 Å². The van der Waals surface area contributed by atoms with Crippen molar-refractivity contribution in [1.29, 1.82) is 0 Å². The lowest BCUT2D eigenvalue weighted by Gasteiger charge is -2.22. The number of rotatable bonds is 4. The van der Waals surface area contributed by atoms with Gasteiger partial charge in [0, 0.05) is 6.54 Å². The van der Waals surface area contributed by atoms with Crippen LogP contribution in [0.15, 0.2) is 18.2 Å². The van der Waals surface area contributed by atoms with Crippen molar-refractivity contribution >= 4 is 5.91 Å². The first-order valence-electron chi connectivity index (χ1n) is 6.69. The molecule has 2 rings (SSSR count). The van der Waals surface area contributed by atoms with E-state index in [2.05, 4.69) is 5.32 Å². The van der Waals surface area contributed by atoms with Crippen molar-refractivity contribution in [3.8, 4) is 5.75 Å². The van der Waals surface area contributed by atoms with Gasteiger partial charge >= 0.3 is 0 Å². The first-order chi connectivity index (χ1) is 9.04. The quantitative estimate of drug-likeness (QED) is 0.874.